The largest absolute Gasteiger partial charge is 0.480 e. The molecule has 0 unspecified atom stereocenters. The van der Waals surface area contributed by atoms with Crippen LogP contribution in [0.2, 0.25) is 0 Å². The van der Waals surface area contributed by atoms with Gasteiger partial charge in [0.25, 0.3) is 0 Å². The molecular weight excluding hydrogens is 242 g/mol. The number of sulfone groups is 1. The average Bonchev–Trinajstić information content (AvgIpc) is 2.25. The highest BCUT2D eigenvalue weighted by Crippen LogP contribution is 2.12. The van der Waals surface area contributed by atoms with Gasteiger partial charge in [-0.15, -0.1) is 0 Å². The quantitative estimate of drug-likeness (QED) is 0.797. The van der Waals surface area contributed by atoms with Crippen molar-refractivity contribution in [1.29, 1.82) is 0 Å². The first-order valence-corrected chi connectivity index (χ1v) is 6.97. The fourth-order valence-electron chi connectivity index (χ4n) is 1.35. The summed E-state index contributed by atoms with van der Waals surface area (Å²) in [6.45, 7) is 0. The number of rotatable bonds is 5. The third-order valence-corrected chi connectivity index (χ3v) is 3.54. The first-order chi connectivity index (χ1) is 7.80. The van der Waals surface area contributed by atoms with Crippen molar-refractivity contribution in [3.8, 4) is 0 Å². The van der Waals surface area contributed by atoms with Gasteiger partial charge in [0.1, 0.15) is 6.04 Å². The number of aliphatic carboxylic acids is 1. The minimum absolute atomic E-state index is 0.254. The van der Waals surface area contributed by atoms with E-state index < -0.39 is 21.8 Å². The molecule has 0 aliphatic rings. The summed E-state index contributed by atoms with van der Waals surface area (Å²) in [4.78, 5) is 10.8. The summed E-state index contributed by atoms with van der Waals surface area (Å²) in [6, 6.07) is 5.48. The van der Waals surface area contributed by atoms with Crippen LogP contribution in [0.4, 0.5) is 0 Å². The van der Waals surface area contributed by atoms with E-state index in [4.69, 9.17) is 10.8 Å². The fraction of sp³-hybridized carbons (Fsp3) is 0.364. The second-order valence-corrected chi connectivity index (χ2v) is 5.92. The Labute approximate surface area is 100 Å². The minimum atomic E-state index is -3.18. The molecule has 17 heavy (non-hydrogen) atoms. The standard InChI is InChI=1S/C11H15NO4S/c1-17(15,16)9-5-2-8(3-6-9)4-7-10(12)11(13)14/h2-3,5-6,10H,4,7,12H2,1H3,(H,13,14)/t10-/m0/s1. The number of hydrogen-bond acceptors (Lipinski definition) is 4. The molecule has 6 heteroatoms. The zero-order valence-corrected chi connectivity index (χ0v) is 10.3. The molecule has 1 aromatic rings. The van der Waals surface area contributed by atoms with Gasteiger partial charge in [-0.05, 0) is 30.5 Å². The third-order valence-electron chi connectivity index (χ3n) is 2.41. The van der Waals surface area contributed by atoms with E-state index in [1.165, 1.54) is 12.1 Å². The number of nitrogens with two attached hydrogens (primary N) is 1. The zero-order valence-electron chi connectivity index (χ0n) is 9.46. The molecule has 1 aromatic carbocycles. The molecule has 1 atom stereocenters. The smallest absolute Gasteiger partial charge is 0.320 e. The molecule has 0 saturated heterocycles. The van der Waals surface area contributed by atoms with Gasteiger partial charge in [0, 0.05) is 6.26 Å². The second kappa shape index (κ2) is 5.29. The maximum absolute atomic E-state index is 11.2. The number of carboxylic acid groups (broad SMARTS) is 1. The van der Waals surface area contributed by atoms with E-state index in [9.17, 15) is 13.2 Å². The third kappa shape index (κ3) is 4.16. The first kappa shape index (κ1) is 13.7. The van der Waals surface area contributed by atoms with Crippen LogP contribution in [0.1, 0.15) is 12.0 Å². The Kier molecular flexibility index (Phi) is 4.25. The monoisotopic (exact) mass is 257 g/mol. The molecule has 0 spiro atoms. The summed E-state index contributed by atoms with van der Waals surface area (Å²) in [5.41, 5.74) is 6.24. The van der Waals surface area contributed by atoms with Gasteiger partial charge in [-0.25, -0.2) is 8.42 Å². The maximum atomic E-state index is 11.2. The normalized spacial score (nSPS) is 13.3. The van der Waals surface area contributed by atoms with Crippen molar-refractivity contribution in [3.63, 3.8) is 0 Å². The highest BCUT2D eigenvalue weighted by molar-refractivity contribution is 7.90. The topological polar surface area (TPSA) is 97.5 Å². The Bertz CT molecular complexity index is 493. The van der Waals surface area contributed by atoms with Gasteiger partial charge < -0.3 is 10.8 Å². The predicted molar refractivity (Wildman–Crippen MR) is 63.5 cm³/mol. The van der Waals surface area contributed by atoms with E-state index in [0.29, 0.717) is 12.8 Å². The van der Waals surface area contributed by atoms with E-state index in [1.54, 1.807) is 12.1 Å². The molecule has 0 aromatic heterocycles. The molecule has 0 heterocycles. The second-order valence-electron chi connectivity index (χ2n) is 3.90. The molecule has 0 radical (unpaired) electrons. The molecular formula is C11H15NO4S. The van der Waals surface area contributed by atoms with E-state index >= 15 is 0 Å². The van der Waals surface area contributed by atoms with E-state index in [-0.39, 0.29) is 4.90 Å². The van der Waals surface area contributed by atoms with Crippen LogP contribution in [0, 0.1) is 0 Å². The Morgan fingerprint density at radius 1 is 1.35 bits per heavy atom. The first-order valence-electron chi connectivity index (χ1n) is 5.08. The molecule has 5 nitrogen and oxygen atoms in total. The van der Waals surface area contributed by atoms with Crippen molar-refractivity contribution in [2.75, 3.05) is 6.26 Å². The lowest BCUT2D eigenvalue weighted by Gasteiger charge is -2.06. The predicted octanol–water partition coefficient (Wildman–Crippen LogP) is 0.435. The minimum Gasteiger partial charge on any atom is -0.480 e. The molecule has 3 N–H and O–H groups in total. The van der Waals surface area contributed by atoms with Gasteiger partial charge in [-0.2, -0.15) is 0 Å². The summed E-state index contributed by atoms with van der Waals surface area (Å²) in [5, 5.41) is 8.61. The van der Waals surface area contributed by atoms with Gasteiger partial charge in [-0.3, -0.25) is 4.79 Å². The molecule has 0 fully saturated rings. The van der Waals surface area contributed by atoms with Crippen molar-refractivity contribution in [1.82, 2.24) is 0 Å². The summed E-state index contributed by atoms with van der Waals surface area (Å²) < 4.78 is 22.4. The van der Waals surface area contributed by atoms with Gasteiger partial charge in [0.15, 0.2) is 9.84 Å². The summed E-state index contributed by atoms with van der Waals surface area (Å²) in [5.74, 6) is -1.03. The van der Waals surface area contributed by atoms with Crippen LogP contribution >= 0.6 is 0 Å². The number of benzene rings is 1. The molecule has 0 bridgehead atoms. The van der Waals surface area contributed by atoms with Gasteiger partial charge in [-0.1, -0.05) is 12.1 Å². The van der Waals surface area contributed by atoms with Crippen LogP contribution in [-0.4, -0.2) is 31.8 Å². The summed E-state index contributed by atoms with van der Waals surface area (Å²) >= 11 is 0. The van der Waals surface area contributed by atoms with E-state index in [0.717, 1.165) is 11.8 Å². The Balaban J connectivity index is 2.67. The van der Waals surface area contributed by atoms with E-state index in [2.05, 4.69) is 0 Å². The highest BCUT2D eigenvalue weighted by atomic mass is 32.2. The van der Waals surface area contributed by atoms with Crippen molar-refractivity contribution in [2.45, 2.75) is 23.8 Å². The van der Waals surface area contributed by atoms with Crippen LogP contribution in [0.15, 0.2) is 29.2 Å². The molecule has 0 amide bonds. The van der Waals surface area contributed by atoms with Crippen molar-refractivity contribution in [3.05, 3.63) is 29.8 Å². The highest BCUT2D eigenvalue weighted by Gasteiger charge is 2.11. The lowest BCUT2D eigenvalue weighted by molar-refractivity contribution is -0.138. The average molecular weight is 257 g/mol. The maximum Gasteiger partial charge on any atom is 0.320 e. The van der Waals surface area contributed by atoms with Crippen molar-refractivity contribution in [2.24, 2.45) is 5.73 Å². The summed E-state index contributed by atoms with van der Waals surface area (Å²) in [7, 11) is -3.18. The molecule has 0 aliphatic carbocycles. The van der Waals surface area contributed by atoms with Crippen LogP contribution in [0.25, 0.3) is 0 Å². The van der Waals surface area contributed by atoms with Crippen LogP contribution < -0.4 is 5.73 Å². The molecule has 0 saturated carbocycles. The van der Waals surface area contributed by atoms with Crippen LogP contribution in [0.3, 0.4) is 0 Å². The Hall–Kier alpha value is -1.40. The van der Waals surface area contributed by atoms with Crippen molar-refractivity contribution < 1.29 is 18.3 Å². The number of hydrogen-bond donors (Lipinski definition) is 2. The van der Waals surface area contributed by atoms with Gasteiger partial charge >= 0.3 is 5.97 Å². The van der Waals surface area contributed by atoms with Gasteiger partial charge in [0.05, 0.1) is 4.90 Å². The lowest BCUT2D eigenvalue weighted by atomic mass is 10.1. The van der Waals surface area contributed by atoms with E-state index in [1.807, 2.05) is 0 Å². The van der Waals surface area contributed by atoms with Crippen LogP contribution in [0.5, 0.6) is 0 Å². The zero-order chi connectivity index (χ0) is 13.1. The van der Waals surface area contributed by atoms with Crippen molar-refractivity contribution >= 4 is 15.8 Å². The van der Waals surface area contributed by atoms with Gasteiger partial charge in [0.2, 0.25) is 0 Å². The van der Waals surface area contributed by atoms with Crippen LogP contribution in [-0.2, 0) is 21.1 Å². The molecule has 1 rings (SSSR count). The molecule has 0 aliphatic heterocycles. The number of carbonyl (C=O) groups is 1. The number of aryl methyl sites for hydroxylation is 1. The lowest BCUT2D eigenvalue weighted by Crippen LogP contribution is -2.30. The Morgan fingerprint density at radius 3 is 2.29 bits per heavy atom. The SMILES string of the molecule is CS(=O)(=O)c1ccc(CC[C@H](N)C(=O)O)cc1. The summed E-state index contributed by atoms with van der Waals surface area (Å²) in [6.07, 6.45) is 1.98. The number of carboxylic acids is 1. The molecule has 94 valence electrons. The fourth-order valence-corrected chi connectivity index (χ4v) is 1.98. The Morgan fingerprint density at radius 2 is 1.88 bits per heavy atom.